The van der Waals surface area contributed by atoms with Crippen molar-refractivity contribution in [1.29, 1.82) is 0 Å². The molecule has 1 heterocycles. The normalized spacial score (nSPS) is 10.6. The summed E-state index contributed by atoms with van der Waals surface area (Å²) in [6.45, 7) is 4.98. The molecule has 0 bridgehead atoms. The molecule has 0 saturated carbocycles. The lowest BCUT2D eigenvalue weighted by molar-refractivity contribution is -0.130. The Balaban J connectivity index is 2.21. The molecular formula is C19H25N3O4. The van der Waals surface area contributed by atoms with Gasteiger partial charge in [0.15, 0.2) is 0 Å². The van der Waals surface area contributed by atoms with Gasteiger partial charge in [-0.1, -0.05) is 13.3 Å². The first kappa shape index (κ1) is 19.5. The zero-order valence-corrected chi connectivity index (χ0v) is 15.5. The molecular weight excluding hydrogens is 334 g/mol. The Bertz CT molecular complexity index is 852. The van der Waals surface area contributed by atoms with Crippen molar-refractivity contribution in [3.63, 3.8) is 0 Å². The molecule has 2 rings (SSSR count). The highest BCUT2D eigenvalue weighted by Crippen LogP contribution is 2.13. The minimum atomic E-state index is -0.723. The highest BCUT2D eigenvalue weighted by atomic mass is 16.5. The van der Waals surface area contributed by atoms with Gasteiger partial charge in [0.2, 0.25) is 5.91 Å². The van der Waals surface area contributed by atoms with E-state index in [9.17, 15) is 14.4 Å². The highest BCUT2D eigenvalue weighted by molar-refractivity contribution is 5.75. The molecule has 1 aromatic carbocycles. The Morgan fingerprint density at radius 1 is 1.08 bits per heavy atom. The van der Waals surface area contributed by atoms with E-state index in [0.717, 1.165) is 17.4 Å². The number of amides is 1. The maximum Gasteiger partial charge on any atom is 0.320 e. The molecule has 26 heavy (non-hydrogen) atoms. The van der Waals surface area contributed by atoms with Crippen LogP contribution in [-0.2, 0) is 11.3 Å². The number of carbonyl (C=O) groups is 1. The maximum absolute atomic E-state index is 12.4. The number of benzene rings is 1. The predicted molar refractivity (Wildman–Crippen MR) is 100 cm³/mol. The van der Waals surface area contributed by atoms with E-state index in [1.165, 1.54) is 17.0 Å². The molecule has 0 N–H and O–H groups in total. The minimum Gasteiger partial charge on any atom is -0.494 e. The second-order valence-corrected chi connectivity index (χ2v) is 6.00. The molecule has 7 heteroatoms. The smallest absolute Gasteiger partial charge is 0.320 e. The topological polar surface area (TPSA) is 73.5 Å². The lowest BCUT2D eigenvalue weighted by Crippen LogP contribution is -2.43. The first-order chi connectivity index (χ1) is 12.5. The molecule has 2 aromatic rings. The summed E-state index contributed by atoms with van der Waals surface area (Å²) in [5.41, 5.74) is -0.853. The van der Waals surface area contributed by atoms with Crippen LogP contribution in [0.25, 0.3) is 5.69 Å². The molecule has 0 aliphatic carbocycles. The molecule has 0 fully saturated rings. The summed E-state index contributed by atoms with van der Waals surface area (Å²) in [7, 11) is 1.70. The third-order valence-electron chi connectivity index (χ3n) is 4.06. The van der Waals surface area contributed by atoms with E-state index in [4.69, 9.17) is 4.74 Å². The minimum absolute atomic E-state index is 0.140. The molecule has 0 unspecified atom stereocenters. The van der Waals surface area contributed by atoms with Crippen LogP contribution in [0.1, 0.15) is 26.7 Å². The summed E-state index contributed by atoms with van der Waals surface area (Å²) in [5.74, 6) is 0.497. The molecule has 0 aliphatic rings. The van der Waals surface area contributed by atoms with Crippen molar-refractivity contribution in [3.8, 4) is 11.4 Å². The molecule has 1 aromatic heterocycles. The largest absolute Gasteiger partial charge is 0.494 e. The standard InChI is InChI=1S/C19H25N3O4/c1-4-6-11-20(3)17(23)14-21-12-13-22(19(25)18(21)24)15-7-9-16(10-8-15)26-5-2/h7-10,12-13H,4-6,11,14H2,1-3H3. The van der Waals surface area contributed by atoms with Crippen molar-refractivity contribution in [2.75, 3.05) is 20.2 Å². The predicted octanol–water partition coefficient (Wildman–Crippen LogP) is 1.66. The van der Waals surface area contributed by atoms with Crippen LogP contribution in [0, 0.1) is 0 Å². The molecule has 0 spiro atoms. The van der Waals surface area contributed by atoms with Crippen LogP contribution in [-0.4, -0.2) is 40.1 Å². The van der Waals surface area contributed by atoms with Gasteiger partial charge in [-0.15, -0.1) is 0 Å². The quantitative estimate of drug-likeness (QED) is 0.672. The van der Waals surface area contributed by atoms with E-state index < -0.39 is 11.1 Å². The average Bonchev–Trinajstić information content (AvgIpc) is 2.64. The van der Waals surface area contributed by atoms with Crippen molar-refractivity contribution < 1.29 is 9.53 Å². The first-order valence-electron chi connectivity index (χ1n) is 8.77. The zero-order chi connectivity index (χ0) is 19.1. The van der Waals surface area contributed by atoms with Gasteiger partial charge in [-0.05, 0) is 37.6 Å². The Labute approximate surface area is 152 Å². The average molecular weight is 359 g/mol. The van der Waals surface area contributed by atoms with E-state index >= 15 is 0 Å². The van der Waals surface area contributed by atoms with E-state index in [1.54, 1.807) is 36.2 Å². The van der Waals surface area contributed by atoms with Crippen LogP contribution in [0.4, 0.5) is 0 Å². The van der Waals surface area contributed by atoms with Crippen LogP contribution in [0.2, 0.25) is 0 Å². The monoisotopic (exact) mass is 359 g/mol. The van der Waals surface area contributed by atoms with Gasteiger partial charge in [0.05, 0.1) is 6.61 Å². The van der Waals surface area contributed by atoms with Crippen LogP contribution < -0.4 is 15.9 Å². The van der Waals surface area contributed by atoms with Gasteiger partial charge in [-0.2, -0.15) is 0 Å². The van der Waals surface area contributed by atoms with Crippen LogP contribution in [0.15, 0.2) is 46.2 Å². The Morgan fingerprint density at radius 3 is 2.38 bits per heavy atom. The summed E-state index contributed by atoms with van der Waals surface area (Å²) in [4.78, 5) is 38.5. The molecule has 0 radical (unpaired) electrons. The SMILES string of the molecule is CCCCN(C)C(=O)Cn1ccn(-c2ccc(OCC)cc2)c(=O)c1=O. The molecule has 0 saturated heterocycles. The van der Waals surface area contributed by atoms with Crippen molar-refractivity contribution in [2.24, 2.45) is 0 Å². The lowest BCUT2D eigenvalue weighted by Gasteiger charge is -2.17. The summed E-state index contributed by atoms with van der Waals surface area (Å²) in [6.07, 6.45) is 4.84. The lowest BCUT2D eigenvalue weighted by atomic mass is 10.3. The fourth-order valence-electron chi connectivity index (χ4n) is 2.49. The number of unbranched alkanes of at least 4 members (excludes halogenated alkanes) is 1. The van der Waals surface area contributed by atoms with Crippen molar-refractivity contribution in [3.05, 3.63) is 57.4 Å². The summed E-state index contributed by atoms with van der Waals surface area (Å²) < 4.78 is 7.78. The number of ether oxygens (including phenoxy) is 1. The number of rotatable bonds is 8. The number of nitrogens with zero attached hydrogens (tertiary/aromatic N) is 3. The van der Waals surface area contributed by atoms with Gasteiger partial charge >= 0.3 is 11.1 Å². The van der Waals surface area contributed by atoms with E-state index in [-0.39, 0.29) is 12.5 Å². The molecule has 0 atom stereocenters. The third kappa shape index (κ3) is 4.62. The van der Waals surface area contributed by atoms with Crippen LogP contribution >= 0.6 is 0 Å². The fraction of sp³-hybridized carbons (Fsp3) is 0.421. The first-order valence-corrected chi connectivity index (χ1v) is 8.77. The second-order valence-electron chi connectivity index (χ2n) is 6.00. The molecule has 140 valence electrons. The Morgan fingerprint density at radius 2 is 1.77 bits per heavy atom. The molecule has 0 aliphatic heterocycles. The number of likely N-dealkylation sites (N-methyl/N-ethyl adjacent to an activating group) is 1. The van der Waals surface area contributed by atoms with E-state index in [1.807, 2.05) is 13.8 Å². The van der Waals surface area contributed by atoms with Gasteiger partial charge in [-0.25, -0.2) is 0 Å². The number of hydrogen-bond acceptors (Lipinski definition) is 4. The van der Waals surface area contributed by atoms with Gasteiger partial charge < -0.3 is 9.64 Å². The number of aromatic nitrogens is 2. The van der Waals surface area contributed by atoms with Crippen LogP contribution in [0.5, 0.6) is 5.75 Å². The van der Waals surface area contributed by atoms with Gasteiger partial charge in [-0.3, -0.25) is 23.5 Å². The summed E-state index contributed by atoms with van der Waals surface area (Å²) in [5, 5.41) is 0. The van der Waals surface area contributed by atoms with Gasteiger partial charge in [0, 0.05) is 31.7 Å². The second kappa shape index (κ2) is 9.03. The summed E-state index contributed by atoms with van der Waals surface area (Å²) >= 11 is 0. The van der Waals surface area contributed by atoms with Crippen molar-refractivity contribution in [1.82, 2.24) is 14.0 Å². The number of carbonyl (C=O) groups excluding carboxylic acids is 1. The van der Waals surface area contributed by atoms with Crippen LogP contribution in [0.3, 0.4) is 0 Å². The van der Waals surface area contributed by atoms with Crippen molar-refractivity contribution >= 4 is 5.91 Å². The van der Waals surface area contributed by atoms with Gasteiger partial charge in [0.1, 0.15) is 12.3 Å². The van der Waals surface area contributed by atoms with Gasteiger partial charge in [0.25, 0.3) is 0 Å². The molecule has 7 nitrogen and oxygen atoms in total. The summed E-state index contributed by atoms with van der Waals surface area (Å²) in [6, 6.07) is 6.89. The molecule has 1 amide bonds. The number of hydrogen-bond donors (Lipinski definition) is 0. The highest BCUT2D eigenvalue weighted by Gasteiger charge is 2.13. The fourth-order valence-corrected chi connectivity index (χ4v) is 2.49. The Kier molecular flexibility index (Phi) is 6.77. The Hall–Kier alpha value is -2.83. The van der Waals surface area contributed by atoms with E-state index in [0.29, 0.717) is 24.6 Å². The third-order valence-corrected chi connectivity index (χ3v) is 4.06. The van der Waals surface area contributed by atoms with Crippen molar-refractivity contribution in [2.45, 2.75) is 33.2 Å². The van der Waals surface area contributed by atoms with E-state index in [2.05, 4.69) is 0 Å². The zero-order valence-electron chi connectivity index (χ0n) is 15.5. The maximum atomic E-state index is 12.4.